The van der Waals surface area contributed by atoms with E-state index in [0.717, 1.165) is 10.1 Å². The lowest BCUT2D eigenvalue weighted by molar-refractivity contribution is 0.0306. The van der Waals surface area contributed by atoms with Gasteiger partial charge >= 0.3 is 0 Å². The van der Waals surface area contributed by atoms with Crippen molar-refractivity contribution in [2.45, 2.75) is 0 Å². The van der Waals surface area contributed by atoms with Crippen LogP contribution in [0.15, 0.2) is 24.3 Å². The Hall–Kier alpha value is -1.10. The van der Waals surface area contributed by atoms with Crippen molar-refractivity contribution in [1.82, 2.24) is 4.90 Å². The van der Waals surface area contributed by atoms with Gasteiger partial charge in [0.25, 0.3) is 5.91 Å². The highest BCUT2D eigenvalue weighted by atomic mass is 35.5. The van der Waals surface area contributed by atoms with Crippen molar-refractivity contribution in [2.24, 2.45) is 0 Å². The van der Waals surface area contributed by atoms with E-state index in [1.54, 1.807) is 4.90 Å². The molecule has 0 spiro atoms. The van der Waals surface area contributed by atoms with E-state index < -0.39 is 0 Å². The molecule has 0 N–H and O–H groups in total. The van der Waals surface area contributed by atoms with Crippen LogP contribution in [0.25, 0.3) is 10.1 Å². The third-order valence-corrected chi connectivity index (χ3v) is 4.69. The van der Waals surface area contributed by atoms with Crippen molar-refractivity contribution in [3.63, 3.8) is 0 Å². The lowest BCUT2D eigenvalue weighted by Crippen LogP contribution is -2.40. The Bertz CT molecular complexity index is 590. The molecule has 0 atom stereocenters. The van der Waals surface area contributed by atoms with E-state index in [9.17, 15) is 4.79 Å². The summed E-state index contributed by atoms with van der Waals surface area (Å²) >= 11 is 7.76. The van der Waals surface area contributed by atoms with E-state index in [4.69, 9.17) is 16.3 Å². The molecule has 2 aromatic rings. The van der Waals surface area contributed by atoms with Crippen LogP contribution in [0.1, 0.15) is 9.67 Å². The molecule has 1 fully saturated rings. The highest BCUT2D eigenvalue weighted by Crippen LogP contribution is 2.35. The van der Waals surface area contributed by atoms with Crippen LogP contribution < -0.4 is 0 Å². The van der Waals surface area contributed by atoms with Gasteiger partial charge in [-0.3, -0.25) is 4.79 Å². The molecule has 0 radical (unpaired) electrons. The second-order valence-corrected chi connectivity index (χ2v) is 5.58. The highest BCUT2D eigenvalue weighted by Gasteiger charge is 2.23. The smallest absolute Gasteiger partial charge is 0.265 e. The van der Waals surface area contributed by atoms with E-state index in [-0.39, 0.29) is 5.91 Å². The average molecular weight is 282 g/mol. The van der Waals surface area contributed by atoms with Gasteiger partial charge in [0.05, 0.1) is 18.2 Å². The molecule has 1 aliphatic heterocycles. The number of thiophene rings is 1. The van der Waals surface area contributed by atoms with Crippen molar-refractivity contribution >= 4 is 38.9 Å². The maximum atomic E-state index is 12.4. The van der Waals surface area contributed by atoms with Gasteiger partial charge in [-0.25, -0.2) is 0 Å². The molecule has 5 heteroatoms. The number of ether oxygens (including phenoxy) is 1. The summed E-state index contributed by atoms with van der Waals surface area (Å²) < 4.78 is 6.31. The number of carbonyl (C=O) groups excluding carboxylic acids is 1. The quantitative estimate of drug-likeness (QED) is 0.804. The molecular weight excluding hydrogens is 270 g/mol. The summed E-state index contributed by atoms with van der Waals surface area (Å²) in [6.07, 6.45) is 0. The van der Waals surface area contributed by atoms with E-state index in [1.807, 2.05) is 24.3 Å². The van der Waals surface area contributed by atoms with Gasteiger partial charge in [-0.1, -0.05) is 29.8 Å². The summed E-state index contributed by atoms with van der Waals surface area (Å²) in [5.74, 6) is 0.0181. The van der Waals surface area contributed by atoms with Gasteiger partial charge in [-0.05, 0) is 6.07 Å². The molecule has 18 heavy (non-hydrogen) atoms. The molecule has 0 unspecified atom stereocenters. The normalized spacial score (nSPS) is 16.2. The van der Waals surface area contributed by atoms with Crippen LogP contribution in [-0.4, -0.2) is 37.1 Å². The number of rotatable bonds is 1. The summed E-state index contributed by atoms with van der Waals surface area (Å²) in [6, 6.07) is 7.83. The number of nitrogens with zero attached hydrogens (tertiary/aromatic N) is 1. The van der Waals surface area contributed by atoms with Crippen LogP contribution in [0.2, 0.25) is 5.02 Å². The van der Waals surface area contributed by atoms with Crippen LogP contribution in [0, 0.1) is 0 Å². The molecule has 1 aromatic heterocycles. The topological polar surface area (TPSA) is 29.5 Å². The van der Waals surface area contributed by atoms with E-state index in [2.05, 4.69) is 0 Å². The predicted molar refractivity (Wildman–Crippen MR) is 73.6 cm³/mol. The SMILES string of the molecule is O=C(c1sc2ccccc2c1Cl)N1CCOCC1. The number of carbonyl (C=O) groups is 1. The van der Waals surface area contributed by atoms with Crippen LogP contribution in [0.3, 0.4) is 0 Å². The predicted octanol–water partition coefficient (Wildman–Crippen LogP) is 3.03. The lowest BCUT2D eigenvalue weighted by atomic mass is 10.2. The molecule has 1 amide bonds. The first-order valence-corrected chi connectivity index (χ1v) is 7.01. The van der Waals surface area contributed by atoms with Crippen molar-refractivity contribution in [3.05, 3.63) is 34.2 Å². The molecule has 1 saturated heterocycles. The molecule has 3 rings (SSSR count). The Morgan fingerprint density at radius 3 is 2.72 bits per heavy atom. The lowest BCUT2D eigenvalue weighted by Gasteiger charge is -2.26. The number of morpholine rings is 1. The van der Waals surface area contributed by atoms with Gasteiger partial charge < -0.3 is 9.64 Å². The van der Waals surface area contributed by atoms with Gasteiger partial charge in [-0.15, -0.1) is 11.3 Å². The Morgan fingerprint density at radius 1 is 1.28 bits per heavy atom. The van der Waals surface area contributed by atoms with Crippen LogP contribution in [0.5, 0.6) is 0 Å². The fourth-order valence-corrected chi connectivity index (χ4v) is 3.54. The first-order chi connectivity index (χ1) is 8.77. The Balaban J connectivity index is 1.98. The van der Waals surface area contributed by atoms with Crippen molar-refractivity contribution < 1.29 is 9.53 Å². The third-order valence-electron chi connectivity index (χ3n) is 3.03. The number of hydrogen-bond acceptors (Lipinski definition) is 3. The summed E-state index contributed by atoms with van der Waals surface area (Å²) in [7, 11) is 0. The van der Waals surface area contributed by atoms with Crippen molar-refractivity contribution in [3.8, 4) is 0 Å². The zero-order valence-corrected chi connectivity index (χ0v) is 11.3. The molecule has 1 aromatic carbocycles. The van der Waals surface area contributed by atoms with E-state index in [1.165, 1.54) is 11.3 Å². The summed E-state index contributed by atoms with van der Waals surface area (Å²) in [5, 5.41) is 1.54. The number of halogens is 1. The molecule has 0 saturated carbocycles. The first kappa shape index (κ1) is 12.0. The largest absolute Gasteiger partial charge is 0.378 e. The fourth-order valence-electron chi connectivity index (χ4n) is 2.06. The third kappa shape index (κ3) is 2.00. The highest BCUT2D eigenvalue weighted by molar-refractivity contribution is 7.21. The number of amides is 1. The summed E-state index contributed by atoms with van der Waals surface area (Å²) in [6.45, 7) is 2.50. The molecular formula is C13H12ClNO2S. The summed E-state index contributed by atoms with van der Waals surface area (Å²) in [4.78, 5) is 14.8. The monoisotopic (exact) mass is 281 g/mol. The Kier molecular flexibility index (Phi) is 3.24. The summed E-state index contributed by atoms with van der Waals surface area (Å²) in [5.41, 5.74) is 0. The Morgan fingerprint density at radius 2 is 2.00 bits per heavy atom. The standard InChI is InChI=1S/C13H12ClNO2S/c14-11-9-3-1-2-4-10(9)18-12(11)13(16)15-5-7-17-8-6-15/h1-4H,5-8H2. The number of fused-ring (bicyclic) bond motifs is 1. The van der Waals surface area contributed by atoms with Gasteiger partial charge in [0.2, 0.25) is 0 Å². The van der Waals surface area contributed by atoms with Gasteiger partial charge in [0, 0.05) is 23.2 Å². The van der Waals surface area contributed by atoms with Gasteiger partial charge in [0.1, 0.15) is 4.88 Å². The fraction of sp³-hybridized carbons (Fsp3) is 0.308. The Labute approximate surface area is 114 Å². The van der Waals surface area contributed by atoms with Gasteiger partial charge in [-0.2, -0.15) is 0 Å². The number of benzene rings is 1. The number of hydrogen-bond donors (Lipinski definition) is 0. The molecule has 3 nitrogen and oxygen atoms in total. The average Bonchev–Trinajstić information content (AvgIpc) is 2.77. The molecule has 1 aliphatic rings. The maximum Gasteiger partial charge on any atom is 0.265 e. The zero-order valence-electron chi connectivity index (χ0n) is 9.69. The minimum Gasteiger partial charge on any atom is -0.378 e. The minimum atomic E-state index is 0.0181. The second-order valence-electron chi connectivity index (χ2n) is 4.15. The zero-order chi connectivity index (χ0) is 12.5. The molecule has 94 valence electrons. The molecule has 2 heterocycles. The second kappa shape index (κ2) is 4.88. The minimum absolute atomic E-state index is 0.0181. The van der Waals surface area contributed by atoms with E-state index >= 15 is 0 Å². The van der Waals surface area contributed by atoms with Crippen molar-refractivity contribution in [1.29, 1.82) is 0 Å². The van der Waals surface area contributed by atoms with E-state index in [0.29, 0.717) is 36.2 Å². The molecule has 0 bridgehead atoms. The van der Waals surface area contributed by atoms with Crippen LogP contribution in [0.4, 0.5) is 0 Å². The van der Waals surface area contributed by atoms with Crippen LogP contribution >= 0.6 is 22.9 Å². The first-order valence-electron chi connectivity index (χ1n) is 5.81. The maximum absolute atomic E-state index is 12.4. The van der Waals surface area contributed by atoms with Gasteiger partial charge in [0.15, 0.2) is 0 Å². The van der Waals surface area contributed by atoms with Crippen molar-refractivity contribution in [2.75, 3.05) is 26.3 Å². The van der Waals surface area contributed by atoms with Crippen LogP contribution in [-0.2, 0) is 4.74 Å². The molecule has 0 aliphatic carbocycles.